The van der Waals surface area contributed by atoms with Crippen LogP contribution in [0.15, 0.2) is 0 Å². The third kappa shape index (κ3) is 1.44. The number of sulfonamides is 1. The molecule has 0 saturated heterocycles. The fraction of sp³-hybridized carbons (Fsp3) is 1.00. The fourth-order valence-corrected chi connectivity index (χ4v) is 5.50. The smallest absolute Gasteiger partial charge is 0.214 e. The Labute approximate surface area is 90.7 Å². The van der Waals surface area contributed by atoms with Crippen molar-refractivity contribution in [3.05, 3.63) is 0 Å². The average molecular weight is 230 g/mol. The Morgan fingerprint density at radius 3 is 2.13 bits per heavy atom. The number of rotatable bonds is 3. The van der Waals surface area contributed by atoms with Crippen molar-refractivity contribution in [3.63, 3.8) is 0 Å². The molecule has 4 aliphatic rings. The molecular formula is C10H18N2O2S. The van der Waals surface area contributed by atoms with E-state index in [1.54, 1.807) is 0 Å². The summed E-state index contributed by atoms with van der Waals surface area (Å²) in [5, 5.41) is -0.139. The van der Waals surface area contributed by atoms with E-state index in [1.807, 2.05) is 0 Å². The lowest BCUT2D eigenvalue weighted by Gasteiger charge is -2.68. The van der Waals surface area contributed by atoms with Gasteiger partial charge in [0.1, 0.15) is 0 Å². The van der Waals surface area contributed by atoms with E-state index in [0.717, 1.165) is 44.9 Å². The number of hydrogen-bond donors (Lipinski definition) is 2. The van der Waals surface area contributed by atoms with Crippen LogP contribution >= 0.6 is 0 Å². The molecule has 86 valence electrons. The molecule has 0 spiro atoms. The average Bonchev–Trinajstić information content (AvgIpc) is 2.50. The van der Waals surface area contributed by atoms with Crippen molar-refractivity contribution in [2.75, 3.05) is 0 Å². The van der Waals surface area contributed by atoms with Gasteiger partial charge in [-0.05, 0) is 32.1 Å². The maximum absolute atomic E-state index is 12.0. The second-order valence-corrected chi connectivity index (χ2v) is 7.69. The molecule has 4 nitrogen and oxygen atoms in total. The van der Waals surface area contributed by atoms with Crippen LogP contribution in [0.5, 0.6) is 0 Å². The summed E-state index contributed by atoms with van der Waals surface area (Å²) in [4.78, 5) is 0. The highest BCUT2D eigenvalue weighted by Gasteiger charge is 2.67. The lowest BCUT2D eigenvalue weighted by atomic mass is 9.45. The van der Waals surface area contributed by atoms with E-state index < -0.39 is 10.0 Å². The Bertz CT molecular complexity index is 364. The van der Waals surface area contributed by atoms with Gasteiger partial charge in [0.2, 0.25) is 10.0 Å². The van der Waals surface area contributed by atoms with E-state index in [1.165, 1.54) is 0 Å². The molecule has 0 aromatic rings. The second-order valence-electron chi connectivity index (χ2n) is 5.73. The summed E-state index contributed by atoms with van der Waals surface area (Å²) in [6, 6.07) is 0. The Kier molecular flexibility index (Phi) is 1.85. The molecule has 2 bridgehead atoms. The molecule has 4 rings (SSSR count). The molecule has 0 aliphatic heterocycles. The van der Waals surface area contributed by atoms with Gasteiger partial charge in [-0.25, -0.2) is 13.1 Å². The summed E-state index contributed by atoms with van der Waals surface area (Å²) in [6.45, 7) is 0. The van der Waals surface area contributed by atoms with Crippen LogP contribution in [0.1, 0.15) is 44.9 Å². The third-order valence-corrected chi connectivity index (χ3v) is 6.24. The van der Waals surface area contributed by atoms with E-state index in [9.17, 15) is 8.42 Å². The predicted molar refractivity (Wildman–Crippen MR) is 57.8 cm³/mol. The Morgan fingerprint density at radius 2 is 1.67 bits per heavy atom. The van der Waals surface area contributed by atoms with E-state index in [4.69, 9.17) is 5.73 Å². The van der Waals surface area contributed by atoms with Crippen LogP contribution in [-0.2, 0) is 10.0 Å². The fourth-order valence-electron chi connectivity index (χ4n) is 3.56. The van der Waals surface area contributed by atoms with Gasteiger partial charge < -0.3 is 5.73 Å². The van der Waals surface area contributed by atoms with Crippen LogP contribution in [-0.4, -0.2) is 24.7 Å². The van der Waals surface area contributed by atoms with E-state index >= 15 is 0 Å². The van der Waals surface area contributed by atoms with E-state index in [0.29, 0.717) is 0 Å². The van der Waals surface area contributed by atoms with Gasteiger partial charge in [0.25, 0.3) is 0 Å². The number of nitrogens with two attached hydrogens (primary N) is 1. The normalized spacial score (nSPS) is 44.9. The van der Waals surface area contributed by atoms with Crippen molar-refractivity contribution in [2.24, 2.45) is 5.73 Å². The summed E-state index contributed by atoms with van der Waals surface area (Å²) >= 11 is 0. The van der Waals surface area contributed by atoms with Gasteiger partial charge in [-0.3, -0.25) is 0 Å². The summed E-state index contributed by atoms with van der Waals surface area (Å²) in [5.74, 6) is 0. The Morgan fingerprint density at radius 1 is 1.13 bits per heavy atom. The van der Waals surface area contributed by atoms with Crippen molar-refractivity contribution < 1.29 is 8.42 Å². The van der Waals surface area contributed by atoms with Gasteiger partial charge in [-0.2, -0.15) is 0 Å². The first-order valence-electron chi connectivity index (χ1n) is 5.75. The second kappa shape index (κ2) is 2.76. The lowest BCUT2D eigenvalue weighted by molar-refractivity contribution is -0.0620. The van der Waals surface area contributed by atoms with Crippen LogP contribution in [0.3, 0.4) is 0 Å². The SMILES string of the molecule is NC12CC(NS(=O)(=O)C3CCCC3)(C1)C2. The Balaban J connectivity index is 1.67. The Hall–Kier alpha value is -0.130. The van der Waals surface area contributed by atoms with Crippen molar-refractivity contribution in [1.29, 1.82) is 0 Å². The predicted octanol–water partition coefficient (Wildman–Crippen LogP) is 0.482. The molecule has 0 atom stereocenters. The van der Waals surface area contributed by atoms with Gasteiger partial charge in [0.15, 0.2) is 0 Å². The molecule has 5 heteroatoms. The largest absolute Gasteiger partial charge is 0.325 e. The van der Waals surface area contributed by atoms with Gasteiger partial charge in [-0.1, -0.05) is 12.8 Å². The molecule has 4 fully saturated rings. The first kappa shape index (κ1) is 10.1. The molecule has 0 aromatic carbocycles. The monoisotopic (exact) mass is 230 g/mol. The molecule has 0 radical (unpaired) electrons. The first-order chi connectivity index (χ1) is 6.93. The molecule has 0 heterocycles. The summed E-state index contributed by atoms with van der Waals surface area (Å²) in [6.07, 6.45) is 6.29. The van der Waals surface area contributed by atoms with Crippen LogP contribution in [0.25, 0.3) is 0 Å². The summed E-state index contributed by atoms with van der Waals surface area (Å²) in [5.41, 5.74) is 5.74. The quantitative estimate of drug-likeness (QED) is 0.741. The van der Waals surface area contributed by atoms with E-state index in [-0.39, 0.29) is 16.3 Å². The van der Waals surface area contributed by atoms with Gasteiger partial charge in [0, 0.05) is 11.1 Å². The van der Waals surface area contributed by atoms with E-state index in [2.05, 4.69) is 4.72 Å². The molecule has 0 amide bonds. The minimum atomic E-state index is -3.07. The molecule has 4 aliphatic carbocycles. The van der Waals surface area contributed by atoms with Crippen LogP contribution in [0.2, 0.25) is 0 Å². The topological polar surface area (TPSA) is 72.2 Å². The molecule has 15 heavy (non-hydrogen) atoms. The zero-order valence-electron chi connectivity index (χ0n) is 8.83. The van der Waals surface area contributed by atoms with Crippen molar-refractivity contribution in [1.82, 2.24) is 4.72 Å². The summed E-state index contributed by atoms with van der Waals surface area (Å²) in [7, 11) is -3.07. The lowest BCUT2D eigenvalue weighted by Crippen LogP contribution is -2.82. The van der Waals surface area contributed by atoms with Gasteiger partial charge >= 0.3 is 0 Å². The van der Waals surface area contributed by atoms with Crippen LogP contribution < -0.4 is 10.5 Å². The maximum Gasteiger partial charge on any atom is 0.214 e. The van der Waals surface area contributed by atoms with Crippen LogP contribution in [0, 0.1) is 0 Å². The standard InChI is InChI=1S/C10H18N2O2S/c11-9-5-10(6-9,7-9)12-15(13,14)8-3-1-2-4-8/h8,12H,1-7,11H2. The molecular weight excluding hydrogens is 212 g/mol. The minimum absolute atomic E-state index is 0.0296. The highest BCUT2D eigenvalue weighted by molar-refractivity contribution is 7.90. The third-order valence-electron chi connectivity index (χ3n) is 4.17. The highest BCUT2D eigenvalue weighted by Crippen LogP contribution is 2.59. The zero-order valence-corrected chi connectivity index (χ0v) is 9.65. The highest BCUT2D eigenvalue weighted by atomic mass is 32.2. The van der Waals surface area contributed by atoms with Gasteiger partial charge in [0.05, 0.1) is 5.25 Å². The van der Waals surface area contributed by atoms with Crippen molar-refractivity contribution >= 4 is 10.0 Å². The number of hydrogen-bond acceptors (Lipinski definition) is 3. The van der Waals surface area contributed by atoms with Gasteiger partial charge in [-0.15, -0.1) is 0 Å². The van der Waals surface area contributed by atoms with Crippen molar-refractivity contribution in [3.8, 4) is 0 Å². The van der Waals surface area contributed by atoms with Crippen LogP contribution in [0.4, 0.5) is 0 Å². The zero-order chi connectivity index (χ0) is 10.7. The minimum Gasteiger partial charge on any atom is -0.325 e. The molecule has 0 unspecified atom stereocenters. The first-order valence-corrected chi connectivity index (χ1v) is 7.30. The molecule has 0 aromatic heterocycles. The number of nitrogens with one attached hydrogen (secondary N) is 1. The van der Waals surface area contributed by atoms with Crippen molar-refractivity contribution in [2.45, 2.75) is 61.3 Å². The molecule has 4 saturated carbocycles. The maximum atomic E-state index is 12.0. The summed E-state index contributed by atoms with van der Waals surface area (Å²) < 4.78 is 26.9. The molecule has 3 N–H and O–H groups in total.